The third kappa shape index (κ3) is 13.5. The molecule has 0 nitrogen and oxygen atoms in total. The van der Waals surface area contributed by atoms with E-state index in [0.717, 1.165) is 0 Å². The third-order valence-corrected chi connectivity index (χ3v) is 38.3. The highest BCUT2D eigenvalue weighted by molar-refractivity contribution is 7.30. The summed E-state index contributed by atoms with van der Waals surface area (Å²) in [4.78, 5) is 21.4. The van der Waals surface area contributed by atoms with Crippen LogP contribution in [0.15, 0.2) is 364 Å². The first-order valence-electron chi connectivity index (χ1n) is 45.6. The first kappa shape index (κ1) is 82.6. The zero-order chi connectivity index (χ0) is 87.7. The van der Waals surface area contributed by atoms with Crippen molar-refractivity contribution in [2.24, 2.45) is 0 Å². The number of aryl methyl sites for hydroxylation is 8. The van der Waals surface area contributed by atoms with Gasteiger partial charge in [0.25, 0.3) is 0 Å². The zero-order valence-electron chi connectivity index (χ0n) is 74.1. The Kier molecular flexibility index (Phi) is 21.1. The summed E-state index contributed by atoms with van der Waals surface area (Å²) in [7, 11) is 0. The summed E-state index contributed by atoms with van der Waals surface area (Å²) in [5, 5.41) is 0. The Bertz CT molecular complexity index is 6540. The molecule has 0 radical (unpaired) electrons. The van der Waals surface area contributed by atoms with Crippen molar-refractivity contribution < 1.29 is 0 Å². The van der Waals surface area contributed by atoms with Crippen LogP contribution in [0, 0.1) is 55.4 Å². The van der Waals surface area contributed by atoms with Crippen LogP contribution in [0.4, 0.5) is 0 Å². The number of hydrogen-bond acceptors (Lipinski definition) is 8. The van der Waals surface area contributed by atoms with Crippen molar-refractivity contribution in [3.63, 3.8) is 0 Å². The quantitative estimate of drug-likeness (QED) is 0.102. The maximum absolute atomic E-state index is 2.51. The minimum absolute atomic E-state index is 0.386. The highest BCUT2D eigenvalue weighted by Gasteiger charge is 2.52. The summed E-state index contributed by atoms with van der Waals surface area (Å²) in [5.41, 5.74) is 35.6. The number of thiophene rings is 8. The number of benzene rings is 12. The minimum Gasteiger partial charge on any atom is -0.134 e. The molecule has 5 aliphatic rings. The molecule has 0 amide bonds. The van der Waals surface area contributed by atoms with E-state index in [-0.39, 0.29) is 21.7 Å². The molecule has 12 aromatic carbocycles. The van der Waals surface area contributed by atoms with Crippen molar-refractivity contribution in [1.29, 1.82) is 0 Å². The smallest absolute Gasteiger partial charge is 0.0722 e. The molecule has 1 fully saturated rings. The maximum atomic E-state index is 2.51. The molecule has 8 heteroatoms. The van der Waals surface area contributed by atoms with Gasteiger partial charge in [0.2, 0.25) is 0 Å². The second kappa shape index (κ2) is 33.3. The van der Waals surface area contributed by atoms with Crippen LogP contribution in [0.25, 0.3) is 100 Å². The van der Waals surface area contributed by atoms with Crippen LogP contribution in [-0.4, -0.2) is 0 Å². The number of fused-ring (bicyclic) bond motifs is 12. The van der Waals surface area contributed by atoms with Crippen molar-refractivity contribution >= 4 is 90.7 Å². The molecule has 0 spiro atoms. The second-order valence-electron chi connectivity index (χ2n) is 36.3. The predicted octanol–water partition coefficient (Wildman–Crippen LogP) is 36.1. The van der Waals surface area contributed by atoms with E-state index in [1.807, 2.05) is 90.7 Å². The van der Waals surface area contributed by atoms with Gasteiger partial charge in [-0.25, -0.2) is 0 Å². The van der Waals surface area contributed by atoms with Crippen molar-refractivity contribution in [3.8, 4) is 100 Å². The van der Waals surface area contributed by atoms with E-state index >= 15 is 0 Å². The fourth-order valence-electron chi connectivity index (χ4n) is 21.6. The minimum atomic E-state index is -0.386. The topological polar surface area (TPSA) is 0 Å². The SMILES string of the molecule is C1CCCCC1.Cc1ccc(C2(c3ccc(C)cc3)c3ccccc3-c3sc(-c4ccc(-c5ccc(-c6cc7c(s6)-c6ccccc6C7(c6ccc(C)cc6)c6ccc(C)cc6)s5)s4)cc32)cc1.Cc1ccc(C2(c3ccc(C)cc3)c3ccccc3-c3sc(-c4ccc(-c5ccc(-c6cc7c(s6)-c6ccccc6C7(c6ccc(C)cc6)c6ccc(C)cc6)s5)s4)cc32)cc1. The molecule has 25 rings (SSSR count). The largest absolute Gasteiger partial charge is 0.134 e. The van der Waals surface area contributed by atoms with E-state index in [1.54, 1.807) is 0 Å². The Balaban J connectivity index is 0.000000139. The molecule has 632 valence electrons. The monoisotopic (exact) mass is 1820 g/mol. The van der Waals surface area contributed by atoms with Gasteiger partial charge < -0.3 is 0 Å². The molecule has 8 aromatic heterocycles. The zero-order valence-corrected chi connectivity index (χ0v) is 80.7. The van der Waals surface area contributed by atoms with E-state index in [0.29, 0.717) is 0 Å². The highest BCUT2D eigenvalue weighted by Crippen LogP contribution is 2.66. The maximum Gasteiger partial charge on any atom is 0.0722 e. The van der Waals surface area contributed by atoms with E-state index in [2.05, 4.69) is 419 Å². The fraction of sp³-hybridized carbons (Fsp3) is 0.148. The van der Waals surface area contributed by atoms with Gasteiger partial charge in [-0.05, 0) is 239 Å². The molecule has 0 unspecified atom stereocenters. The van der Waals surface area contributed by atoms with Gasteiger partial charge >= 0.3 is 0 Å². The van der Waals surface area contributed by atoms with E-state index < -0.39 is 0 Å². The highest BCUT2D eigenvalue weighted by atomic mass is 32.1. The lowest BCUT2D eigenvalue weighted by atomic mass is 9.68. The van der Waals surface area contributed by atoms with Gasteiger partial charge in [-0.3, -0.25) is 0 Å². The molecule has 1 saturated carbocycles. The Morgan fingerprint density at radius 3 is 0.454 bits per heavy atom. The molecule has 0 atom stereocenters. The fourth-order valence-corrected chi connectivity index (χ4v) is 31.2. The Morgan fingerprint density at radius 2 is 0.292 bits per heavy atom. The molecular formula is C122H96S8. The number of hydrogen-bond donors (Lipinski definition) is 0. The summed E-state index contributed by atoms with van der Waals surface area (Å²) >= 11 is 15.5. The van der Waals surface area contributed by atoms with E-state index in [4.69, 9.17) is 0 Å². The summed E-state index contributed by atoms with van der Waals surface area (Å²) in [6.07, 6.45) is 9.00. The van der Waals surface area contributed by atoms with Crippen LogP contribution in [0.1, 0.15) is 172 Å². The molecule has 5 aliphatic carbocycles. The normalized spacial score (nSPS) is 14.5. The molecular weight excluding hydrogens is 1720 g/mol. The van der Waals surface area contributed by atoms with Crippen LogP contribution < -0.4 is 0 Å². The number of rotatable bonds is 14. The van der Waals surface area contributed by atoms with Gasteiger partial charge in [-0.1, -0.05) is 374 Å². The van der Waals surface area contributed by atoms with Crippen LogP contribution >= 0.6 is 90.7 Å². The molecule has 0 saturated heterocycles. The lowest BCUT2D eigenvalue weighted by molar-refractivity contribution is 0.504. The van der Waals surface area contributed by atoms with Crippen LogP contribution in [0.3, 0.4) is 0 Å². The summed E-state index contributed by atoms with van der Waals surface area (Å²) in [5.74, 6) is 0. The van der Waals surface area contributed by atoms with E-state index in [9.17, 15) is 0 Å². The average Bonchev–Trinajstić information content (AvgIpc) is 1.54. The van der Waals surface area contributed by atoms with E-state index in [1.165, 1.54) is 272 Å². The molecule has 20 aromatic rings. The summed E-state index contributed by atoms with van der Waals surface area (Å²) in [6.45, 7) is 17.4. The van der Waals surface area contributed by atoms with Gasteiger partial charge in [0, 0.05) is 78.0 Å². The van der Waals surface area contributed by atoms with Gasteiger partial charge in [0.1, 0.15) is 0 Å². The van der Waals surface area contributed by atoms with Crippen molar-refractivity contribution in [2.45, 2.75) is 116 Å². The average molecular weight is 1820 g/mol. The van der Waals surface area contributed by atoms with Crippen molar-refractivity contribution in [2.75, 3.05) is 0 Å². The summed E-state index contributed by atoms with van der Waals surface area (Å²) < 4.78 is 0. The predicted molar refractivity (Wildman–Crippen MR) is 563 cm³/mol. The van der Waals surface area contributed by atoms with Crippen molar-refractivity contribution in [3.05, 3.63) is 498 Å². The second-order valence-corrected chi connectivity index (χ2v) is 44.8. The van der Waals surface area contributed by atoms with Gasteiger partial charge in [0.05, 0.1) is 21.7 Å². The van der Waals surface area contributed by atoms with Gasteiger partial charge in [-0.2, -0.15) is 0 Å². The Morgan fingerprint density at radius 1 is 0.146 bits per heavy atom. The lowest BCUT2D eigenvalue weighted by Gasteiger charge is -2.33. The van der Waals surface area contributed by atoms with Gasteiger partial charge in [0.15, 0.2) is 0 Å². The van der Waals surface area contributed by atoms with Crippen LogP contribution in [0.2, 0.25) is 0 Å². The Hall–Kier alpha value is -11.8. The molecule has 8 heterocycles. The molecule has 130 heavy (non-hydrogen) atoms. The van der Waals surface area contributed by atoms with Crippen molar-refractivity contribution in [1.82, 2.24) is 0 Å². The first-order chi connectivity index (χ1) is 63.6. The molecule has 0 N–H and O–H groups in total. The first-order valence-corrected chi connectivity index (χ1v) is 52.1. The standard InChI is InChI=1S/2C58H42S4.C6H12/c2*1-35-13-21-39(22-14-35)57(40-23-15-36(2)16-24-40)45-11-7-5-9-43(45)55-47(57)33-53(61-55)51-31-29-49(59-51)50-30-32-52(60-50)54-34-48-56(62-54)44-10-6-8-12-46(44)58(48,41-25-17-37(3)18-26-41)42-27-19-38(4)20-28-42;1-2-4-6-5-3-1/h2*5-34H,1-4H3;1-6H2. The van der Waals surface area contributed by atoms with Crippen LogP contribution in [0.5, 0.6) is 0 Å². The van der Waals surface area contributed by atoms with Gasteiger partial charge in [-0.15, -0.1) is 90.7 Å². The molecule has 0 bridgehead atoms. The lowest BCUT2D eigenvalue weighted by Crippen LogP contribution is -2.28. The summed E-state index contributed by atoms with van der Waals surface area (Å²) in [6, 6.07) is 139. The molecule has 0 aliphatic heterocycles. The Labute approximate surface area is 796 Å². The third-order valence-electron chi connectivity index (χ3n) is 28.1. The van der Waals surface area contributed by atoms with Crippen LogP contribution in [-0.2, 0) is 21.7 Å².